The number of carbonyl (C=O) groups excluding carboxylic acids is 2. The Labute approximate surface area is 223 Å². The first-order valence-corrected chi connectivity index (χ1v) is 12.9. The van der Waals surface area contributed by atoms with E-state index in [1.807, 2.05) is 54.6 Å². The second-order valence-corrected chi connectivity index (χ2v) is 9.73. The zero-order valence-electron chi connectivity index (χ0n) is 20.6. The largest absolute Gasteiger partial charge is 0.497 e. The number of rotatable bonds is 6. The molecule has 2 N–H and O–H groups in total. The summed E-state index contributed by atoms with van der Waals surface area (Å²) >= 11 is 1.36. The number of hydrogen-bond donors (Lipinski definition) is 2. The van der Waals surface area contributed by atoms with E-state index in [4.69, 9.17) is 9.84 Å². The van der Waals surface area contributed by atoms with Crippen molar-refractivity contribution in [2.24, 2.45) is 5.10 Å². The van der Waals surface area contributed by atoms with Crippen LogP contribution in [-0.2, 0) is 22.4 Å². The summed E-state index contributed by atoms with van der Waals surface area (Å²) < 4.78 is 6.97. The Morgan fingerprint density at radius 3 is 2.61 bits per heavy atom. The minimum Gasteiger partial charge on any atom is -0.497 e. The van der Waals surface area contributed by atoms with E-state index in [0.717, 1.165) is 53.1 Å². The Morgan fingerprint density at radius 1 is 1.11 bits per heavy atom. The minimum absolute atomic E-state index is 0.412. The van der Waals surface area contributed by atoms with Crippen molar-refractivity contribution >= 4 is 34.4 Å². The number of benzene rings is 2. The Hall–Kier alpha value is -4.75. The molecule has 190 valence electrons. The molecule has 38 heavy (non-hydrogen) atoms. The number of ether oxygens (including phenoxy) is 1. The number of thiophene rings is 1. The number of aryl methyl sites for hydroxylation is 1. The molecule has 0 radical (unpaired) electrons. The van der Waals surface area contributed by atoms with Gasteiger partial charge in [0.05, 0.1) is 24.6 Å². The first kappa shape index (κ1) is 24.9. The van der Waals surface area contributed by atoms with Crippen molar-refractivity contribution < 1.29 is 14.3 Å². The first-order chi connectivity index (χ1) is 18.6. The molecule has 10 heteroatoms. The number of carbonyl (C=O) groups is 2. The molecular weight excluding hydrogens is 500 g/mol. The summed E-state index contributed by atoms with van der Waals surface area (Å²) in [5.74, 6) is -1.10. The molecule has 0 saturated carbocycles. The van der Waals surface area contributed by atoms with Gasteiger partial charge in [0.25, 0.3) is 0 Å². The summed E-state index contributed by atoms with van der Waals surface area (Å²) in [4.78, 5) is 26.1. The molecule has 0 fully saturated rings. The quantitative estimate of drug-likeness (QED) is 0.219. The average Bonchev–Trinajstić information content (AvgIpc) is 3.54. The van der Waals surface area contributed by atoms with Crippen molar-refractivity contribution in [1.29, 1.82) is 5.26 Å². The number of hydrogen-bond acceptors (Lipinski definition) is 7. The lowest BCUT2D eigenvalue weighted by Crippen LogP contribution is -2.32. The number of nitriles is 1. The summed E-state index contributed by atoms with van der Waals surface area (Å²) in [6, 6.07) is 19.2. The lowest BCUT2D eigenvalue weighted by Gasteiger charge is -2.09. The van der Waals surface area contributed by atoms with Crippen molar-refractivity contribution in [1.82, 2.24) is 15.2 Å². The third-order valence-electron chi connectivity index (χ3n) is 6.21. The summed E-state index contributed by atoms with van der Waals surface area (Å²) in [5, 5.41) is 21.3. The number of amides is 2. The number of anilines is 1. The first-order valence-electron chi connectivity index (χ1n) is 12.1. The van der Waals surface area contributed by atoms with Gasteiger partial charge in [0.15, 0.2) is 0 Å². The lowest BCUT2D eigenvalue weighted by molar-refractivity contribution is -0.136. The van der Waals surface area contributed by atoms with Gasteiger partial charge in [-0.2, -0.15) is 15.5 Å². The van der Waals surface area contributed by atoms with Gasteiger partial charge < -0.3 is 10.1 Å². The number of nitrogens with zero attached hydrogens (tertiary/aromatic N) is 4. The SMILES string of the molecule is COc1ccc(-c2nn(-c3ccccc3)cc2/C=N\NC(=O)C(=O)Nc2sc3c(c2C#N)CCCC3)cc1. The normalized spacial score (nSPS) is 12.5. The maximum absolute atomic E-state index is 12.5. The van der Waals surface area contributed by atoms with Crippen LogP contribution in [0.1, 0.15) is 34.4 Å². The van der Waals surface area contributed by atoms with E-state index < -0.39 is 11.8 Å². The zero-order chi connectivity index (χ0) is 26.5. The van der Waals surface area contributed by atoms with Crippen LogP contribution in [0.25, 0.3) is 16.9 Å². The van der Waals surface area contributed by atoms with E-state index in [1.165, 1.54) is 17.6 Å². The van der Waals surface area contributed by atoms with Crippen LogP contribution in [0.15, 0.2) is 65.9 Å². The topological polar surface area (TPSA) is 121 Å². The standard InChI is InChI=1S/C28H24N6O3S/c1-37-21-13-11-18(12-14-21)25-19(17-34(33-25)20-7-3-2-4-8-20)16-30-32-27(36)26(35)31-28-23(15-29)22-9-5-6-10-24(22)38-28/h2-4,7-8,11-14,16-17H,5-6,9-10H2,1H3,(H,31,35)(H,32,36)/b30-16-. The van der Waals surface area contributed by atoms with Gasteiger partial charge in [0.2, 0.25) is 0 Å². The molecule has 0 saturated heterocycles. The number of methoxy groups -OCH3 is 1. The minimum atomic E-state index is -0.932. The van der Waals surface area contributed by atoms with Crippen LogP contribution in [0.5, 0.6) is 5.75 Å². The van der Waals surface area contributed by atoms with Crippen molar-refractivity contribution in [2.75, 3.05) is 12.4 Å². The maximum Gasteiger partial charge on any atom is 0.329 e. The molecule has 1 aliphatic carbocycles. The molecule has 2 aromatic heterocycles. The van der Waals surface area contributed by atoms with Gasteiger partial charge in [0, 0.05) is 22.2 Å². The molecular formula is C28H24N6O3S. The molecule has 4 aromatic rings. The summed E-state index contributed by atoms with van der Waals surface area (Å²) in [5.41, 5.74) is 6.68. The fourth-order valence-corrected chi connectivity index (χ4v) is 5.55. The molecule has 2 aromatic carbocycles. The van der Waals surface area contributed by atoms with Gasteiger partial charge in [-0.05, 0) is 67.6 Å². The summed E-state index contributed by atoms with van der Waals surface area (Å²) in [6.07, 6.45) is 7.00. The van der Waals surface area contributed by atoms with E-state index >= 15 is 0 Å². The van der Waals surface area contributed by atoms with E-state index in [0.29, 0.717) is 21.8 Å². The van der Waals surface area contributed by atoms with Gasteiger partial charge >= 0.3 is 11.8 Å². The van der Waals surface area contributed by atoms with Gasteiger partial charge in [0.1, 0.15) is 22.5 Å². The van der Waals surface area contributed by atoms with Gasteiger partial charge in [-0.25, -0.2) is 10.1 Å². The van der Waals surface area contributed by atoms with Crippen LogP contribution in [0.4, 0.5) is 5.00 Å². The van der Waals surface area contributed by atoms with Crippen LogP contribution in [0.2, 0.25) is 0 Å². The Balaban J connectivity index is 1.34. The molecule has 0 spiro atoms. The third kappa shape index (κ3) is 5.19. The highest BCUT2D eigenvalue weighted by molar-refractivity contribution is 7.16. The van der Waals surface area contributed by atoms with Gasteiger partial charge in [-0.15, -0.1) is 11.3 Å². The van der Waals surface area contributed by atoms with Gasteiger partial charge in [-0.1, -0.05) is 18.2 Å². The van der Waals surface area contributed by atoms with Crippen LogP contribution in [0, 0.1) is 11.3 Å². The summed E-state index contributed by atoms with van der Waals surface area (Å²) in [7, 11) is 1.60. The molecule has 0 atom stereocenters. The van der Waals surface area contributed by atoms with E-state index in [-0.39, 0.29) is 0 Å². The zero-order valence-corrected chi connectivity index (χ0v) is 21.4. The molecule has 0 unspecified atom stereocenters. The molecule has 0 bridgehead atoms. The van der Waals surface area contributed by atoms with E-state index in [2.05, 4.69) is 21.9 Å². The van der Waals surface area contributed by atoms with Crippen molar-refractivity contribution in [2.45, 2.75) is 25.7 Å². The predicted molar refractivity (Wildman–Crippen MR) is 146 cm³/mol. The number of hydrazone groups is 1. The lowest BCUT2D eigenvalue weighted by atomic mass is 9.96. The van der Waals surface area contributed by atoms with Crippen LogP contribution in [-0.4, -0.2) is 34.9 Å². The maximum atomic E-state index is 12.5. The molecule has 5 rings (SSSR count). The second kappa shape index (κ2) is 11.1. The summed E-state index contributed by atoms with van der Waals surface area (Å²) in [6.45, 7) is 0. The number of fused-ring (bicyclic) bond motifs is 1. The molecule has 2 amide bonds. The number of para-hydroxylation sites is 1. The van der Waals surface area contributed by atoms with E-state index in [1.54, 1.807) is 18.0 Å². The van der Waals surface area contributed by atoms with Crippen LogP contribution in [0.3, 0.4) is 0 Å². The van der Waals surface area contributed by atoms with Crippen molar-refractivity contribution in [3.8, 4) is 28.8 Å². The highest BCUT2D eigenvalue weighted by Gasteiger charge is 2.23. The predicted octanol–water partition coefficient (Wildman–Crippen LogP) is 4.45. The smallest absolute Gasteiger partial charge is 0.329 e. The number of aromatic nitrogens is 2. The molecule has 2 heterocycles. The second-order valence-electron chi connectivity index (χ2n) is 8.62. The van der Waals surface area contributed by atoms with E-state index in [9.17, 15) is 14.9 Å². The Kier molecular flexibility index (Phi) is 7.28. The molecule has 9 nitrogen and oxygen atoms in total. The average molecular weight is 525 g/mol. The van der Waals surface area contributed by atoms with Crippen LogP contribution >= 0.6 is 11.3 Å². The monoisotopic (exact) mass is 524 g/mol. The van der Waals surface area contributed by atoms with Gasteiger partial charge in [-0.3, -0.25) is 9.59 Å². The van der Waals surface area contributed by atoms with Crippen molar-refractivity contribution in [3.05, 3.63) is 82.4 Å². The fraction of sp³-hybridized carbons (Fsp3) is 0.179. The Bertz CT molecular complexity index is 1550. The Morgan fingerprint density at radius 2 is 1.87 bits per heavy atom. The molecule has 1 aliphatic rings. The highest BCUT2D eigenvalue weighted by atomic mass is 32.1. The number of nitrogens with one attached hydrogen (secondary N) is 2. The third-order valence-corrected chi connectivity index (χ3v) is 7.42. The molecule has 0 aliphatic heterocycles. The van der Waals surface area contributed by atoms with Crippen LogP contribution < -0.4 is 15.5 Å². The fourth-order valence-electron chi connectivity index (χ4n) is 4.31. The van der Waals surface area contributed by atoms with Crippen molar-refractivity contribution in [3.63, 3.8) is 0 Å². The highest BCUT2D eigenvalue weighted by Crippen LogP contribution is 2.37.